The third kappa shape index (κ3) is 2.14. The Kier molecular flexibility index (Phi) is 3.43. The van der Waals surface area contributed by atoms with Gasteiger partial charge in [0, 0.05) is 31.0 Å². The highest BCUT2D eigenvalue weighted by atomic mass is 32.2. The Balaban J connectivity index is 1.91. The van der Waals surface area contributed by atoms with Gasteiger partial charge in [-0.2, -0.15) is 4.31 Å². The van der Waals surface area contributed by atoms with Crippen molar-refractivity contribution in [2.45, 2.75) is 44.2 Å². The van der Waals surface area contributed by atoms with Crippen molar-refractivity contribution in [1.29, 1.82) is 0 Å². The summed E-state index contributed by atoms with van der Waals surface area (Å²) in [5.74, 6) is 0.324. The number of aryl methyl sites for hydroxylation is 1. The lowest BCUT2D eigenvalue weighted by atomic mass is 9.57. The zero-order valence-electron chi connectivity index (χ0n) is 13.0. The first-order valence-electron chi connectivity index (χ1n) is 7.42. The molecule has 3 atom stereocenters. The second-order valence-electron chi connectivity index (χ2n) is 6.84. The molecule has 0 amide bonds. The molecule has 116 valence electrons. The first-order chi connectivity index (χ1) is 9.76. The molecule has 4 nitrogen and oxygen atoms in total. The summed E-state index contributed by atoms with van der Waals surface area (Å²) in [6, 6.07) is 7.07. The number of ether oxygens (including phenoxy) is 1. The molecule has 1 aliphatic carbocycles. The zero-order valence-corrected chi connectivity index (χ0v) is 13.9. The SMILES string of the molecule is Cc1ccc(S(=O)(=O)N(C)[C@@H]2[C@@H]3CCO[C@H]3C2(C)C)cc1. The predicted octanol–water partition coefficient (Wildman–Crippen LogP) is 2.43. The number of hydrogen-bond donors (Lipinski definition) is 0. The van der Waals surface area contributed by atoms with Crippen LogP contribution in [0.4, 0.5) is 0 Å². The molecule has 0 unspecified atom stereocenters. The van der Waals surface area contributed by atoms with Gasteiger partial charge in [0.2, 0.25) is 10.0 Å². The van der Waals surface area contributed by atoms with Crippen LogP contribution in [0, 0.1) is 18.3 Å². The normalized spacial score (nSPS) is 31.0. The summed E-state index contributed by atoms with van der Waals surface area (Å²) in [6.45, 7) is 6.90. The predicted molar refractivity (Wildman–Crippen MR) is 81.5 cm³/mol. The van der Waals surface area contributed by atoms with Gasteiger partial charge in [0.15, 0.2) is 0 Å². The van der Waals surface area contributed by atoms with Crippen LogP contribution >= 0.6 is 0 Å². The molecule has 2 aliphatic rings. The van der Waals surface area contributed by atoms with E-state index in [0.717, 1.165) is 18.6 Å². The fourth-order valence-electron chi connectivity index (χ4n) is 4.06. The van der Waals surface area contributed by atoms with E-state index in [-0.39, 0.29) is 17.6 Å². The van der Waals surface area contributed by atoms with Crippen LogP contribution in [-0.2, 0) is 14.8 Å². The summed E-state index contributed by atoms with van der Waals surface area (Å²) >= 11 is 0. The summed E-state index contributed by atoms with van der Waals surface area (Å²) in [7, 11) is -1.74. The molecule has 1 saturated carbocycles. The molecule has 2 fully saturated rings. The van der Waals surface area contributed by atoms with E-state index in [0.29, 0.717) is 10.8 Å². The van der Waals surface area contributed by atoms with Crippen molar-refractivity contribution in [3.05, 3.63) is 29.8 Å². The molecule has 1 aliphatic heterocycles. The van der Waals surface area contributed by atoms with Gasteiger partial charge in [-0.1, -0.05) is 31.5 Å². The van der Waals surface area contributed by atoms with E-state index in [4.69, 9.17) is 4.74 Å². The minimum absolute atomic E-state index is 0.0105. The van der Waals surface area contributed by atoms with E-state index >= 15 is 0 Å². The maximum absolute atomic E-state index is 12.8. The summed E-state index contributed by atoms with van der Waals surface area (Å²) < 4.78 is 33.0. The minimum atomic E-state index is -3.45. The summed E-state index contributed by atoms with van der Waals surface area (Å²) in [5.41, 5.74) is 0.929. The van der Waals surface area contributed by atoms with E-state index in [1.54, 1.807) is 23.5 Å². The van der Waals surface area contributed by atoms with Gasteiger partial charge >= 0.3 is 0 Å². The Morgan fingerprint density at radius 1 is 1.24 bits per heavy atom. The molecule has 1 aromatic rings. The van der Waals surface area contributed by atoms with Crippen molar-refractivity contribution < 1.29 is 13.2 Å². The lowest BCUT2D eigenvalue weighted by Gasteiger charge is -2.57. The van der Waals surface area contributed by atoms with Gasteiger partial charge in [0.25, 0.3) is 0 Å². The number of sulfonamides is 1. The molecule has 21 heavy (non-hydrogen) atoms. The van der Waals surface area contributed by atoms with Crippen molar-refractivity contribution in [2.24, 2.45) is 11.3 Å². The third-order valence-electron chi connectivity index (χ3n) is 5.13. The molecule has 0 bridgehead atoms. The number of benzene rings is 1. The molecule has 0 radical (unpaired) electrons. The monoisotopic (exact) mass is 309 g/mol. The van der Waals surface area contributed by atoms with Crippen molar-refractivity contribution in [1.82, 2.24) is 4.31 Å². The van der Waals surface area contributed by atoms with Gasteiger partial charge in [-0.05, 0) is 25.5 Å². The van der Waals surface area contributed by atoms with E-state index < -0.39 is 10.0 Å². The Hall–Kier alpha value is -0.910. The smallest absolute Gasteiger partial charge is 0.243 e. The number of nitrogens with zero attached hydrogens (tertiary/aromatic N) is 1. The van der Waals surface area contributed by atoms with Crippen LogP contribution in [0.25, 0.3) is 0 Å². The number of fused-ring (bicyclic) bond motifs is 1. The molecule has 1 aromatic carbocycles. The highest BCUT2D eigenvalue weighted by molar-refractivity contribution is 7.89. The average molecular weight is 309 g/mol. The second-order valence-corrected chi connectivity index (χ2v) is 8.84. The quantitative estimate of drug-likeness (QED) is 0.861. The summed E-state index contributed by atoms with van der Waals surface area (Å²) in [5, 5.41) is 0. The number of rotatable bonds is 3. The molecule has 0 N–H and O–H groups in total. The lowest BCUT2D eigenvalue weighted by molar-refractivity contribution is -0.131. The summed E-state index contributed by atoms with van der Waals surface area (Å²) in [6.07, 6.45) is 1.14. The van der Waals surface area contributed by atoms with E-state index in [2.05, 4.69) is 13.8 Å². The van der Waals surface area contributed by atoms with Crippen LogP contribution in [0.15, 0.2) is 29.2 Å². The molecule has 5 heteroatoms. The Labute approximate surface area is 127 Å². The Morgan fingerprint density at radius 2 is 1.86 bits per heavy atom. The maximum atomic E-state index is 12.8. The summed E-state index contributed by atoms with van der Waals surface area (Å²) in [4.78, 5) is 0.369. The highest BCUT2D eigenvalue weighted by Gasteiger charge is 2.62. The third-order valence-corrected chi connectivity index (χ3v) is 6.98. The van der Waals surface area contributed by atoms with Gasteiger partial charge in [-0.15, -0.1) is 0 Å². The number of hydrogen-bond acceptors (Lipinski definition) is 3. The minimum Gasteiger partial charge on any atom is -0.377 e. The standard InChI is InChI=1S/C16H23NO3S/c1-11-5-7-12(8-6-11)21(18,19)17(4)14-13-9-10-20-15(13)16(14,2)3/h5-8,13-15H,9-10H2,1-4H3/t13-,14+,15+/m0/s1. The van der Waals surface area contributed by atoms with Crippen LogP contribution in [0.2, 0.25) is 0 Å². The van der Waals surface area contributed by atoms with Crippen LogP contribution in [0.5, 0.6) is 0 Å². The Morgan fingerprint density at radius 3 is 2.48 bits per heavy atom. The average Bonchev–Trinajstić information content (AvgIpc) is 2.85. The molecule has 0 aromatic heterocycles. The molecule has 1 heterocycles. The zero-order chi connectivity index (χ0) is 15.4. The topological polar surface area (TPSA) is 46.6 Å². The van der Waals surface area contributed by atoms with Crippen LogP contribution in [0.3, 0.4) is 0 Å². The van der Waals surface area contributed by atoms with Crippen molar-refractivity contribution >= 4 is 10.0 Å². The van der Waals surface area contributed by atoms with E-state index in [9.17, 15) is 8.42 Å². The van der Waals surface area contributed by atoms with Gasteiger partial charge in [0.05, 0.1) is 11.0 Å². The van der Waals surface area contributed by atoms with E-state index in [1.165, 1.54) is 0 Å². The maximum Gasteiger partial charge on any atom is 0.243 e. The fourth-order valence-corrected chi connectivity index (χ4v) is 5.60. The second kappa shape index (κ2) is 4.80. The van der Waals surface area contributed by atoms with Gasteiger partial charge in [0.1, 0.15) is 0 Å². The first kappa shape index (κ1) is 15.0. The van der Waals surface area contributed by atoms with E-state index in [1.807, 2.05) is 19.1 Å². The van der Waals surface area contributed by atoms with Crippen LogP contribution in [-0.4, -0.2) is 38.5 Å². The lowest BCUT2D eigenvalue weighted by Crippen LogP contribution is -2.66. The molecular weight excluding hydrogens is 286 g/mol. The highest BCUT2D eigenvalue weighted by Crippen LogP contribution is 2.55. The first-order valence-corrected chi connectivity index (χ1v) is 8.86. The largest absolute Gasteiger partial charge is 0.377 e. The molecule has 0 spiro atoms. The van der Waals surface area contributed by atoms with Crippen LogP contribution in [0.1, 0.15) is 25.8 Å². The molecular formula is C16H23NO3S. The Bertz CT molecular complexity index is 636. The van der Waals surface area contributed by atoms with Crippen molar-refractivity contribution in [2.75, 3.05) is 13.7 Å². The van der Waals surface area contributed by atoms with Gasteiger partial charge < -0.3 is 4.74 Å². The molecule has 3 rings (SSSR count). The van der Waals surface area contributed by atoms with Crippen molar-refractivity contribution in [3.8, 4) is 0 Å². The van der Waals surface area contributed by atoms with Gasteiger partial charge in [-0.3, -0.25) is 0 Å². The van der Waals surface area contributed by atoms with Crippen LogP contribution < -0.4 is 0 Å². The molecule has 1 saturated heterocycles. The van der Waals surface area contributed by atoms with Crippen molar-refractivity contribution in [3.63, 3.8) is 0 Å². The fraction of sp³-hybridized carbons (Fsp3) is 0.625. The van der Waals surface area contributed by atoms with Gasteiger partial charge in [-0.25, -0.2) is 8.42 Å².